The Morgan fingerprint density at radius 2 is 1.94 bits per heavy atom. The van der Waals surface area contributed by atoms with Crippen molar-refractivity contribution in [3.63, 3.8) is 0 Å². The molecule has 0 N–H and O–H groups in total. The lowest BCUT2D eigenvalue weighted by atomic mass is 10.1. The van der Waals surface area contributed by atoms with E-state index in [1.165, 1.54) is 12.5 Å². The molecular weight excluding hydrogens is 232 g/mol. The van der Waals surface area contributed by atoms with Gasteiger partial charge in [0.05, 0.1) is 4.92 Å². The predicted molar refractivity (Wildman–Crippen MR) is 67.6 cm³/mol. The van der Waals surface area contributed by atoms with E-state index >= 15 is 0 Å². The summed E-state index contributed by atoms with van der Waals surface area (Å²) in [4.78, 5) is 24.3. The van der Waals surface area contributed by atoms with E-state index in [4.69, 9.17) is 0 Å². The molecule has 1 aliphatic heterocycles. The van der Waals surface area contributed by atoms with Gasteiger partial charge in [0.1, 0.15) is 0 Å². The Kier molecular flexibility index (Phi) is 3.60. The third-order valence-corrected chi connectivity index (χ3v) is 3.28. The average molecular weight is 248 g/mol. The first kappa shape index (κ1) is 12.5. The zero-order chi connectivity index (χ0) is 13.1. The molecule has 1 aliphatic rings. The summed E-state index contributed by atoms with van der Waals surface area (Å²) in [5.41, 5.74) is 1.13. The maximum atomic E-state index is 12.2. The summed E-state index contributed by atoms with van der Waals surface area (Å²) in [7, 11) is 0. The Hall–Kier alpha value is -1.91. The topological polar surface area (TPSA) is 63.5 Å². The second kappa shape index (κ2) is 5.16. The van der Waals surface area contributed by atoms with Crippen molar-refractivity contribution in [3.05, 3.63) is 39.4 Å². The van der Waals surface area contributed by atoms with Gasteiger partial charge in [-0.05, 0) is 38.3 Å². The number of rotatable bonds is 2. The predicted octanol–water partition coefficient (Wildman–Crippen LogP) is 2.53. The number of piperidine rings is 1. The van der Waals surface area contributed by atoms with Gasteiger partial charge in [-0.15, -0.1) is 0 Å². The molecule has 5 heteroatoms. The van der Waals surface area contributed by atoms with Crippen LogP contribution in [0.25, 0.3) is 0 Å². The molecule has 0 saturated carbocycles. The van der Waals surface area contributed by atoms with Crippen molar-refractivity contribution in [2.24, 2.45) is 0 Å². The molecule has 5 nitrogen and oxygen atoms in total. The third-order valence-electron chi connectivity index (χ3n) is 3.28. The van der Waals surface area contributed by atoms with Gasteiger partial charge in [-0.25, -0.2) is 0 Å². The fourth-order valence-corrected chi connectivity index (χ4v) is 2.27. The van der Waals surface area contributed by atoms with Gasteiger partial charge in [0.15, 0.2) is 0 Å². The number of nitro groups is 1. The van der Waals surface area contributed by atoms with E-state index in [1.54, 1.807) is 19.1 Å². The van der Waals surface area contributed by atoms with Crippen LogP contribution >= 0.6 is 0 Å². The van der Waals surface area contributed by atoms with Gasteiger partial charge in [0.25, 0.3) is 11.6 Å². The Bertz CT molecular complexity index is 479. The van der Waals surface area contributed by atoms with E-state index in [1.807, 2.05) is 4.90 Å². The smallest absolute Gasteiger partial charge is 0.272 e. The number of nitro benzene ring substituents is 1. The van der Waals surface area contributed by atoms with E-state index in [0.717, 1.165) is 25.9 Å². The molecule has 1 amide bonds. The fourth-order valence-electron chi connectivity index (χ4n) is 2.27. The first-order chi connectivity index (χ1) is 8.59. The Morgan fingerprint density at radius 3 is 2.50 bits per heavy atom. The van der Waals surface area contributed by atoms with Crippen LogP contribution < -0.4 is 0 Å². The minimum atomic E-state index is -0.426. The lowest BCUT2D eigenvalue weighted by Crippen LogP contribution is -2.35. The summed E-state index contributed by atoms with van der Waals surface area (Å²) < 4.78 is 0. The van der Waals surface area contributed by atoms with Crippen LogP contribution in [-0.2, 0) is 0 Å². The molecule has 1 fully saturated rings. The zero-order valence-corrected chi connectivity index (χ0v) is 10.4. The van der Waals surface area contributed by atoms with Crippen molar-refractivity contribution in [1.82, 2.24) is 4.90 Å². The average Bonchev–Trinajstić information content (AvgIpc) is 2.38. The molecule has 0 atom stereocenters. The van der Waals surface area contributed by atoms with Gasteiger partial charge < -0.3 is 4.90 Å². The first-order valence-electron chi connectivity index (χ1n) is 6.14. The van der Waals surface area contributed by atoms with Crippen molar-refractivity contribution >= 4 is 11.6 Å². The van der Waals surface area contributed by atoms with Crippen LogP contribution in [0.3, 0.4) is 0 Å². The standard InChI is InChI=1S/C13H16N2O3/c1-10-9-11(5-6-12(10)15(17)18)13(16)14-7-3-2-4-8-14/h5-6,9H,2-4,7-8H2,1H3. The monoisotopic (exact) mass is 248 g/mol. The van der Waals surface area contributed by atoms with Crippen LogP contribution in [0.5, 0.6) is 0 Å². The Morgan fingerprint density at radius 1 is 1.28 bits per heavy atom. The highest BCUT2D eigenvalue weighted by Crippen LogP contribution is 2.20. The van der Waals surface area contributed by atoms with E-state index in [2.05, 4.69) is 0 Å². The van der Waals surface area contributed by atoms with Crippen LogP contribution in [0.15, 0.2) is 18.2 Å². The second-order valence-electron chi connectivity index (χ2n) is 4.61. The highest BCUT2D eigenvalue weighted by Gasteiger charge is 2.20. The van der Waals surface area contributed by atoms with Crippen LogP contribution in [0.4, 0.5) is 5.69 Å². The number of carbonyl (C=O) groups is 1. The summed E-state index contributed by atoms with van der Waals surface area (Å²) in [5, 5.41) is 10.7. The minimum Gasteiger partial charge on any atom is -0.339 e. The molecule has 0 aliphatic carbocycles. The molecule has 0 unspecified atom stereocenters. The van der Waals surface area contributed by atoms with E-state index in [-0.39, 0.29) is 11.6 Å². The summed E-state index contributed by atoms with van der Waals surface area (Å²) in [5.74, 6) is -0.0207. The quantitative estimate of drug-likeness (QED) is 0.596. The number of aryl methyl sites for hydroxylation is 1. The molecule has 0 radical (unpaired) electrons. The van der Waals surface area contributed by atoms with Gasteiger partial charge >= 0.3 is 0 Å². The first-order valence-corrected chi connectivity index (χ1v) is 6.14. The van der Waals surface area contributed by atoms with Crippen LogP contribution in [0.1, 0.15) is 35.2 Å². The molecule has 0 bridgehead atoms. The van der Waals surface area contributed by atoms with Gasteiger partial charge in [0.2, 0.25) is 0 Å². The van der Waals surface area contributed by atoms with Crippen molar-refractivity contribution in [2.75, 3.05) is 13.1 Å². The molecule has 0 aromatic heterocycles. The van der Waals surface area contributed by atoms with Gasteiger partial charge in [-0.2, -0.15) is 0 Å². The van der Waals surface area contributed by atoms with Crippen molar-refractivity contribution in [2.45, 2.75) is 26.2 Å². The van der Waals surface area contributed by atoms with Crippen molar-refractivity contribution in [1.29, 1.82) is 0 Å². The van der Waals surface area contributed by atoms with E-state index < -0.39 is 4.92 Å². The normalized spacial score (nSPS) is 15.5. The third kappa shape index (κ3) is 2.50. The Balaban J connectivity index is 2.20. The molecule has 18 heavy (non-hydrogen) atoms. The molecule has 96 valence electrons. The number of likely N-dealkylation sites (tertiary alicyclic amines) is 1. The number of hydrogen-bond donors (Lipinski definition) is 0. The van der Waals surface area contributed by atoms with Crippen molar-refractivity contribution in [3.8, 4) is 0 Å². The largest absolute Gasteiger partial charge is 0.339 e. The summed E-state index contributed by atoms with van der Waals surface area (Å²) in [6.07, 6.45) is 3.25. The van der Waals surface area contributed by atoms with Crippen LogP contribution in [0, 0.1) is 17.0 Å². The maximum Gasteiger partial charge on any atom is 0.272 e. The molecule has 2 rings (SSSR count). The highest BCUT2D eigenvalue weighted by atomic mass is 16.6. The number of hydrogen-bond acceptors (Lipinski definition) is 3. The lowest BCUT2D eigenvalue weighted by Gasteiger charge is -2.26. The second-order valence-corrected chi connectivity index (χ2v) is 4.61. The van der Waals surface area contributed by atoms with Gasteiger partial charge in [0, 0.05) is 30.3 Å². The molecule has 1 aromatic rings. The maximum absolute atomic E-state index is 12.2. The summed E-state index contributed by atoms with van der Waals surface area (Å²) in [6, 6.07) is 4.56. The molecule has 1 aromatic carbocycles. The molecule has 1 heterocycles. The number of nitrogens with zero attached hydrogens (tertiary/aromatic N) is 2. The van der Waals surface area contributed by atoms with Crippen molar-refractivity contribution < 1.29 is 9.72 Å². The number of carbonyl (C=O) groups excluding carboxylic acids is 1. The van der Waals surface area contributed by atoms with E-state index in [9.17, 15) is 14.9 Å². The minimum absolute atomic E-state index is 0.0207. The summed E-state index contributed by atoms with van der Waals surface area (Å²) in [6.45, 7) is 3.23. The molecular formula is C13H16N2O3. The van der Waals surface area contributed by atoms with Gasteiger partial charge in [-0.1, -0.05) is 0 Å². The number of benzene rings is 1. The van der Waals surface area contributed by atoms with E-state index in [0.29, 0.717) is 11.1 Å². The SMILES string of the molecule is Cc1cc(C(=O)N2CCCCC2)ccc1[N+](=O)[O-]. The lowest BCUT2D eigenvalue weighted by molar-refractivity contribution is -0.385. The number of amides is 1. The highest BCUT2D eigenvalue weighted by molar-refractivity contribution is 5.94. The summed E-state index contributed by atoms with van der Waals surface area (Å²) >= 11 is 0. The van der Waals surface area contributed by atoms with Crippen LogP contribution in [-0.4, -0.2) is 28.8 Å². The zero-order valence-electron chi connectivity index (χ0n) is 10.4. The Labute approximate surface area is 106 Å². The fraction of sp³-hybridized carbons (Fsp3) is 0.462. The molecule has 0 spiro atoms. The van der Waals surface area contributed by atoms with Gasteiger partial charge in [-0.3, -0.25) is 14.9 Å². The molecule has 1 saturated heterocycles. The van der Waals surface area contributed by atoms with Crippen LogP contribution in [0.2, 0.25) is 0 Å².